The Morgan fingerprint density at radius 1 is 1.33 bits per heavy atom. The van der Waals surface area contributed by atoms with Crippen molar-refractivity contribution in [3.63, 3.8) is 0 Å². The fourth-order valence-corrected chi connectivity index (χ4v) is 2.39. The molecule has 0 amide bonds. The Morgan fingerprint density at radius 2 is 2.17 bits per heavy atom. The van der Waals surface area contributed by atoms with Crippen LogP contribution in [0.15, 0.2) is 6.20 Å². The van der Waals surface area contributed by atoms with Gasteiger partial charge in [0.25, 0.3) is 0 Å². The molecule has 3 rings (SSSR count). The minimum atomic E-state index is 0.703. The van der Waals surface area contributed by atoms with Crippen molar-refractivity contribution >= 4 is 5.82 Å². The van der Waals surface area contributed by atoms with Crippen molar-refractivity contribution in [1.82, 2.24) is 19.7 Å². The summed E-state index contributed by atoms with van der Waals surface area (Å²) in [4.78, 5) is 9.15. The number of anilines is 1. The number of nitrogens with two attached hydrogens (primary N) is 1. The zero-order chi connectivity index (χ0) is 12.7. The first-order valence-electron chi connectivity index (χ1n) is 6.06. The summed E-state index contributed by atoms with van der Waals surface area (Å²) in [6, 6.07) is 0. The Hall–Kier alpha value is -1.95. The van der Waals surface area contributed by atoms with Crippen LogP contribution in [0.4, 0.5) is 5.82 Å². The van der Waals surface area contributed by atoms with Gasteiger partial charge in [-0.15, -0.1) is 0 Å². The molecule has 2 heterocycles. The van der Waals surface area contributed by atoms with Gasteiger partial charge in [-0.05, 0) is 26.2 Å². The number of aryl methyl sites for hydroxylation is 2. The fraction of sp³-hybridized carbons (Fsp3) is 0.417. The van der Waals surface area contributed by atoms with Crippen LogP contribution in [0.5, 0.6) is 0 Å². The summed E-state index contributed by atoms with van der Waals surface area (Å²) in [6.07, 6.45) is 4.92. The van der Waals surface area contributed by atoms with Crippen LogP contribution in [0.3, 0.4) is 0 Å². The highest BCUT2D eigenvalue weighted by molar-refractivity contribution is 5.61. The van der Waals surface area contributed by atoms with Crippen molar-refractivity contribution in [2.45, 2.75) is 26.2 Å². The van der Waals surface area contributed by atoms with Gasteiger partial charge in [0.2, 0.25) is 0 Å². The smallest absolute Gasteiger partial charge is 0.165 e. The molecule has 3 N–H and O–H groups in total. The number of nitrogens with zero attached hydrogens (tertiary/aromatic N) is 4. The number of nitrogens with one attached hydrogen (secondary N) is 1. The van der Waals surface area contributed by atoms with Crippen LogP contribution in [-0.4, -0.2) is 19.7 Å². The maximum atomic E-state index is 5.55. The lowest BCUT2D eigenvalue weighted by Crippen LogP contribution is -2.13. The number of hydrogen-bond acceptors (Lipinski definition) is 5. The van der Waals surface area contributed by atoms with E-state index in [1.165, 1.54) is 0 Å². The highest BCUT2D eigenvalue weighted by atomic mass is 15.3. The van der Waals surface area contributed by atoms with Gasteiger partial charge in [-0.3, -0.25) is 4.68 Å². The molecule has 0 aromatic carbocycles. The summed E-state index contributed by atoms with van der Waals surface area (Å²) in [6.45, 7) is 2.01. The minimum Gasteiger partial charge on any atom is -0.308 e. The lowest BCUT2D eigenvalue weighted by molar-refractivity contribution is 0.740. The molecule has 1 aliphatic rings. The van der Waals surface area contributed by atoms with E-state index >= 15 is 0 Å². The van der Waals surface area contributed by atoms with Crippen LogP contribution in [0.2, 0.25) is 0 Å². The molecule has 1 aliphatic carbocycles. The lowest BCUT2D eigenvalue weighted by atomic mass is 10.2. The topological polar surface area (TPSA) is 81.7 Å². The SMILES string of the molecule is Cc1c(-c2nc3c(c(NN)n2)CCC3)cnn1C. The summed E-state index contributed by atoms with van der Waals surface area (Å²) < 4.78 is 1.82. The molecule has 0 atom stereocenters. The van der Waals surface area contributed by atoms with Crippen LogP contribution in [-0.2, 0) is 19.9 Å². The fourth-order valence-electron chi connectivity index (χ4n) is 2.39. The molecule has 6 nitrogen and oxygen atoms in total. The largest absolute Gasteiger partial charge is 0.308 e. The molecule has 0 spiro atoms. The Balaban J connectivity index is 2.16. The summed E-state index contributed by atoms with van der Waals surface area (Å²) in [5, 5.41) is 4.23. The highest BCUT2D eigenvalue weighted by Gasteiger charge is 2.20. The Labute approximate surface area is 105 Å². The first-order chi connectivity index (χ1) is 8.70. The van der Waals surface area contributed by atoms with Crippen LogP contribution >= 0.6 is 0 Å². The van der Waals surface area contributed by atoms with E-state index in [0.29, 0.717) is 5.82 Å². The number of hydrazine groups is 1. The number of hydrogen-bond donors (Lipinski definition) is 2. The normalized spacial score (nSPS) is 13.7. The van der Waals surface area contributed by atoms with Gasteiger partial charge in [0.05, 0.1) is 11.8 Å². The molecule has 0 radical (unpaired) electrons. The molecule has 0 saturated carbocycles. The maximum Gasteiger partial charge on any atom is 0.165 e. The van der Waals surface area contributed by atoms with Gasteiger partial charge < -0.3 is 5.43 Å². The molecule has 0 saturated heterocycles. The number of nitrogen functional groups attached to an aromatic ring is 1. The standard InChI is InChI=1S/C12H16N6/c1-7-9(6-14-18(7)2)11-15-10-5-3-4-8(10)12(16-11)17-13/h6H,3-5,13H2,1-2H3,(H,15,16,17). The molecule has 18 heavy (non-hydrogen) atoms. The van der Waals surface area contributed by atoms with E-state index < -0.39 is 0 Å². The van der Waals surface area contributed by atoms with Gasteiger partial charge >= 0.3 is 0 Å². The molecule has 0 bridgehead atoms. The lowest BCUT2D eigenvalue weighted by Gasteiger charge is -2.08. The zero-order valence-corrected chi connectivity index (χ0v) is 10.6. The average molecular weight is 244 g/mol. The van der Waals surface area contributed by atoms with Gasteiger partial charge in [0.1, 0.15) is 5.82 Å². The third kappa shape index (κ3) is 1.57. The van der Waals surface area contributed by atoms with E-state index in [4.69, 9.17) is 5.84 Å². The molecule has 6 heteroatoms. The Bertz CT molecular complexity index is 601. The van der Waals surface area contributed by atoms with Crippen molar-refractivity contribution in [2.75, 3.05) is 5.43 Å². The van der Waals surface area contributed by atoms with Gasteiger partial charge in [0.15, 0.2) is 5.82 Å². The predicted molar refractivity (Wildman–Crippen MR) is 68.8 cm³/mol. The molecule has 2 aromatic heterocycles. The first kappa shape index (κ1) is 11.2. The van der Waals surface area contributed by atoms with Crippen LogP contribution in [0.25, 0.3) is 11.4 Å². The van der Waals surface area contributed by atoms with E-state index in [1.54, 1.807) is 6.20 Å². The van der Waals surface area contributed by atoms with Gasteiger partial charge in [0, 0.05) is 24.0 Å². The van der Waals surface area contributed by atoms with Gasteiger partial charge in [-0.2, -0.15) is 5.10 Å². The molecule has 0 fully saturated rings. The molecule has 0 unspecified atom stereocenters. The molecular weight excluding hydrogens is 228 g/mol. The second kappa shape index (κ2) is 4.06. The number of fused-ring (bicyclic) bond motifs is 1. The van der Waals surface area contributed by atoms with Crippen LogP contribution in [0, 0.1) is 6.92 Å². The maximum absolute atomic E-state index is 5.55. The summed E-state index contributed by atoms with van der Waals surface area (Å²) in [5.74, 6) is 7.00. The average Bonchev–Trinajstić information content (AvgIpc) is 2.96. The van der Waals surface area contributed by atoms with Crippen LogP contribution in [0.1, 0.15) is 23.4 Å². The quantitative estimate of drug-likeness (QED) is 0.607. The Kier molecular flexibility index (Phi) is 2.52. The predicted octanol–water partition coefficient (Wildman–Crippen LogP) is 0.960. The monoisotopic (exact) mass is 244 g/mol. The second-order valence-corrected chi connectivity index (χ2v) is 4.59. The highest BCUT2D eigenvalue weighted by Crippen LogP contribution is 2.29. The minimum absolute atomic E-state index is 0.703. The number of rotatable bonds is 2. The van der Waals surface area contributed by atoms with E-state index in [0.717, 1.165) is 47.6 Å². The van der Waals surface area contributed by atoms with Crippen molar-refractivity contribution in [3.8, 4) is 11.4 Å². The summed E-state index contributed by atoms with van der Waals surface area (Å²) in [5.41, 5.74) is 6.96. The second-order valence-electron chi connectivity index (χ2n) is 4.59. The summed E-state index contributed by atoms with van der Waals surface area (Å²) >= 11 is 0. The van der Waals surface area contributed by atoms with Crippen LogP contribution < -0.4 is 11.3 Å². The van der Waals surface area contributed by atoms with Crippen molar-refractivity contribution in [3.05, 3.63) is 23.1 Å². The van der Waals surface area contributed by atoms with Crippen molar-refractivity contribution < 1.29 is 0 Å². The Morgan fingerprint density at radius 3 is 2.83 bits per heavy atom. The first-order valence-corrected chi connectivity index (χ1v) is 6.06. The third-order valence-electron chi connectivity index (χ3n) is 3.55. The third-order valence-corrected chi connectivity index (χ3v) is 3.55. The number of aromatic nitrogens is 4. The summed E-state index contributed by atoms with van der Waals surface area (Å²) in [7, 11) is 1.91. The molecule has 2 aromatic rings. The zero-order valence-electron chi connectivity index (χ0n) is 10.6. The molecule has 0 aliphatic heterocycles. The van der Waals surface area contributed by atoms with Crippen molar-refractivity contribution in [1.29, 1.82) is 0 Å². The van der Waals surface area contributed by atoms with Gasteiger partial charge in [-0.1, -0.05) is 0 Å². The van der Waals surface area contributed by atoms with E-state index in [2.05, 4.69) is 20.5 Å². The van der Waals surface area contributed by atoms with Gasteiger partial charge in [-0.25, -0.2) is 15.8 Å². The van der Waals surface area contributed by atoms with E-state index in [9.17, 15) is 0 Å². The van der Waals surface area contributed by atoms with E-state index in [-0.39, 0.29) is 0 Å². The molecular formula is C12H16N6. The van der Waals surface area contributed by atoms with Crippen molar-refractivity contribution in [2.24, 2.45) is 12.9 Å². The van der Waals surface area contributed by atoms with E-state index in [1.807, 2.05) is 18.7 Å². The molecule has 94 valence electrons.